The SMILES string of the molecule is CC1(C)CC(C)(C)c2cc(-c3cccc(-n4c5ccc(-c6ccc7c(c6)c6ccccc6n7-c6ccccc6)cc5c5c(-c6ccccc6)cccc54)c3)ccc21. The molecule has 8 aromatic carbocycles. The minimum Gasteiger partial charge on any atom is -0.309 e. The topological polar surface area (TPSA) is 9.86 Å². The number of nitrogens with zero attached hydrogens (tertiary/aromatic N) is 2. The molecule has 57 heavy (non-hydrogen) atoms. The maximum atomic E-state index is 2.47. The van der Waals surface area contributed by atoms with Crippen molar-refractivity contribution in [2.24, 2.45) is 0 Å². The van der Waals surface area contributed by atoms with Crippen molar-refractivity contribution in [1.82, 2.24) is 9.13 Å². The summed E-state index contributed by atoms with van der Waals surface area (Å²) in [4.78, 5) is 0. The predicted molar refractivity (Wildman–Crippen MR) is 242 cm³/mol. The van der Waals surface area contributed by atoms with E-state index in [1.165, 1.54) is 99.5 Å². The highest BCUT2D eigenvalue weighted by Crippen LogP contribution is 2.50. The third kappa shape index (κ3) is 5.24. The van der Waals surface area contributed by atoms with E-state index in [0.29, 0.717) is 0 Å². The lowest BCUT2D eigenvalue weighted by Gasteiger charge is -2.22. The lowest BCUT2D eigenvalue weighted by molar-refractivity contribution is 0.403. The summed E-state index contributed by atoms with van der Waals surface area (Å²) in [7, 11) is 0. The second kappa shape index (κ2) is 12.4. The monoisotopic (exact) mass is 732 g/mol. The summed E-state index contributed by atoms with van der Waals surface area (Å²) in [5, 5.41) is 5.04. The predicted octanol–water partition coefficient (Wildman–Crippen LogP) is 14.8. The summed E-state index contributed by atoms with van der Waals surface area (Å²) in [6.45, 7) is 9.58. The van der Waals surface area contributed by atoms with Gasteiger partial charge in [-0.2, -0.15) is 0 Å². The number of benzene rings is 8. The third-order valence-electron chi connectivity index (χ3n) is 12.7. The number of hydrogen-bond acceptors (Lipinski definition) is 0. The van der Waals surface area contributed by atoms with Crippen molar-refractivity contribution in [3.8, 4) is 44.8 Å². The molecule has 0 amide bonds. The molecule has 0 spiro atoms. The molecule has 2 heteroatoms. The maximum Gasteiger partial charge on any atom is 0.0547 e. The van der Waals surface area contributed by atoms with Crippen LogP contribution in [0.5, 0.6) is 0 Å². The van der Waals surface area contributed by atoms with Gasteiger partial charge >= 0.3 is 0 Å². The molecule has 11 rings (SSSR count). The first-order chi connectivity index (χ1) is 27.7. The summed E-state index contributed by atoms with van der Waals surface area (Å²) < 4.78 is 4.86. The minimum atomic E-state index is 0.147. The zero-order valence-corrected chi connectivity index (χ0v) is 32.9. The molecule has 0 aliphatic heterocycles. The molecule has 0 bridgehead atoms. The first-order valence-electron chi connectivity index (χ1n) is 20.2. The molecule has 274 valence electrons. The van der Waals surface area contributed by atoms with Crippen LogP contribution in [0.25, 0.3) is 88.4 Å². The fourth-order valence-corrected chi connectivity index (χ4v) is 10.4. The van der Waals surface area contributed by atoms with Crippen LogP contribution in [-0.2, 0) is 10.8 Å². The quantitative estimate of drug-likeness (QED) is 0.167. The zero-order valence-electron chi connectivity index (χ0n) is 32.9. The Morgan fingerprint density at radius 1 is 0.351 bits per heavy atom. The Morgan fingerprint density at radius 3 is 1.67 bits per heavy atom. The second-order valence-corrected chi connectivity index (χ2v) is 17.3. The number of fused-ring (bicyclic) bond motifs is 7. The fraction of sp³-hybridized carbons (Fsp3) is 0.127. The maximum absolute atomic E-state index is 2.47. The molecule has 0 radical (unpaired) electrons. The van der Waals surface area contributed by atoms with Crippen LogP contribution in [0.15, 0.2) is 182 Å². The van der Waals surface area contributed by atoms with Crippen molar-refractivity contribution >= 4 is 43.6 Å². The van der Waals surface area contributed by atoms with E-state index in [0.717, 1.165) is 6.42 Å². The van der Waals surface area contributed by atoms with Crippen LogP contribution in [0.1, 0.15) is 45.2 Å². The van der Waals surface area contributed by atoms with Crippen LogP contribution in [0, 0.1) is 0 Å². The molecular formula is C55H44N2. The van der Waals surface area contributed by atoms with Crippen LogP contribution >= 0.6 is 0 Å². The molecule has 0 unspecified atom stereocenters. The van der Waals surface area contributed by atoms with Gasteiger partial charge in [0.1, 0.15) is 0 Å². The van der Waals surface area contributed by atoms with Gasteiger partial charge in [0.2, 0.25) is 0 Å². The fourth-order valence-electron chi connectivity index (χ4n) is 10.4. The summed E-state index contributed by atoms with van der Waals surface area (Å²) in [6.07, 6.45) is 1.16. The minimum absolute atomic E-state index is 0.147. The molecule has 10 aromatic rings. The van der Waals surface area contributed by atoms with Gasteiger partial charge in [-0.25, -0.2) is 0 Å². The number of hydrogen-bond donors (Lipinski definition) is 0. The van der Waals surface area contributed by atoms with E-state index in [1.54, 1.807) is 0 Å². The second-order valence-electron chi connectivity index (χ2n) is 17.3. The van der Waals surface area contributed by atoms with E-state index in [4.69, 9.17) is 0 Å². The Bertz CT molecular complexity index is 3190. The first-order valence-corrected chi connectivity index (χ1v) is 20.2. The molecule has 0 atom stereocenters. The van der Waals surface area contributed by atoms with Gasteiger partial charge in [-0.1, -0.05) is 149 Å². The van der Waals surface area contributed by atoms with Gasteiger partial charge in [-0.3, -0.25) is 0 Å². The van der Waals surface area contributed by atoms with E-state index in [9.17, 15) is 0 Å². The van der Waals surface area contributed by atoms with E-state index >= 15 is 0 Å². The Morgan fingerprint density at radius 2 is 0.877 bits per heavy atom. The highest BCUT2D eigenvalue weighted by Gasteiger charge is 2.41. The van der Waals surface area contributed by atoms with Crippen molar-refractivity contribution in [3.63, 3.8) is 0 Å². The van der Waals surface area contributed by atoms with Crippen molar-refractivity contribution in [1.29, 1.82) is 0 Å². The summed E-state index contributed by atoms with van der Waals surface area (Å²) in [5.74, 6) is 0. The number of aromatic nitrogens is 2. The molecule has 0 saturated carbocycles. The van der Waals surface area contributed by atoms with Gasteiger partial charge in [-0.05, 0) is 122 Å². The van der Waals surface area contributed by atoms with Gasteiger partial charge in [0.15, 0.2) is 0 Å². The summed E-state index contributed by atoms with van der Waals surface area (Å²) in [6, 6.07) is 67.5. The lowest BCUT2D eigenvalue weighted by atomic mass is 9.82. The van der Waals surface area contributed by atoms with E-state index in [2.05, 4.69) is 219 Å². The molecule has 1 aliphatic carbocycles. The molecule has 1 aliphatic rings. The van der Waals surface area contributed by atoms with Gasteiger partial charge in [0.05, 0.1) is 22.1 Å². The molecule has 2 aromatic heterocycles. The van der Waals surface area contributed by atoms with Crippen LogP contribution < -0.4 is 0 Å². The van der Waals surface area contributed by atoms with Gasteiger partial charge in [-0.15, -0.1) is 0 Å². The van der Waals surface area contributed by atoms with Gasteiger partial charge in [0.25, 0.3) is 0 Å². The van der Waals surface area contributed by atoms with Crippen molar-refractivity contribution < 1.29 is 0 Å². The molecule has 0 N–H and O–H groups in total. The third-order valence-corrected chi connectivity index (χ3v) is 12.7. The van der Waals surface area contributed by atoms with Crippen LogP contribution in [-0.4, -0.2) is 9.13 Å². The molecule has 2 heterocycles. The normalized spacial score (nSPS) is 14.5. The van der Waals surface area contributed by atoms with Crippen molar-refractivity contribution in [2.45, 2.75) is 44.9 Å². The van der Waals surface area contributed by atoms with Crippen molar-refractivity contribution in [2.75, 3.05) is 0 Å². The Hall–Kier alpha value is -6.64. The van der Waals surface area contributed by atoms with E-state index < -0.39 is 0 Å². The van der Waals surface area contributed by atoms with E-state index in [-0.39, 0.29) is 10.8 Å². The average Bonchev–Trinajstić information content (AvgIpc) is 3.82. The van der Waals surface area contributed by atoms with Gasteiger partial charge in [0, 0.05) is 32.9 Å². The molecule has 0 saturated heterocycles. The van der Waals surface area contributed by atoms with Crippen molar-refractivity contribution in [3.05, 3.63) is 193 Å². The van der Waals surface area contributed by atoms with Crippen LogP contribution in [0.4, 0.5) is 0 Å². The number of para-hydroxylation sites is 2. The zero-order chi connectivity index (χ0) is 38.5. The molecule has 0 fully saturated rings. The van der Waals surface area contributed by atoms with Crippen LogP contribution in [0.2, 0.25) is 0 Å². The highest BCUT2D eigenvalue weighted by atomic mass is 15.0. The smallest absolute Gasteiger partial charge is 0.0547 e. The summed E-state index contributed by atoms with van der Waals surface area (Å²) >= 11 is 0. The lowest BCUT2D eigenvalue weighted by Crippen LogP contribution is -2.17. The number of rotatable bonds is 5. The Labute approximate surface area is 334 Å². The summed E-state index contributed by atoms with van der Waals surface area (Å²) in [5.41, 5.74) is 17.9. The average molecular weight is 733 g/mol. The highest BCUT2D eigenvalue weighted by molar-refractivity contribution is 6.17. The standard InChI is InChI=1S/C55H44N2/c1-54(2)35-55(3,4)48-34-40(25-28-47(48)54)37-17-13-20-42(31-37)57-51-30-27-39(33-46(51)53-43(22-14-24-52(53)57)36-15-7-5-8-16-36)38-26-29-50-45(32-38)44-21-11-12-23-49(44)56(50)41-18-9-6-10-19-41/h5-34H,35H2,1-4H3. The van der Waals surface area contributed by atoms with Gasteiger partial charge < -0.3 is 9.13 Å². The Kier molecular flexibility index (Phi) is 7.35. The molecule has 2 nitrogen and oxygen atoms in total. The first kappa shape index (κ1) is 33.7. The Balaban J connectivity index is 1.11. The van der Waals surface area contributed by atoms with E-state index in [1.807, 2.05) is 0 Å². The molecular weight excluding hydrogens is 689 g/mol. The van der Waals surface area contributed by atoms with Crippen LogP contribution in [0.3, 0.4) is 0 Å². The largest absolute Gasteiger partial charge is 0.309 e.